The summed E-state index contributed by atoms with van der Waals surface area (Å²) >= 11 is 0. The second kappa shape index (κ2) is 4.80. The van der Waals surface area contributed by atoms with E-state index in [1.807, 2.05) is 0 Å². The molecule has 2 N–H and O–H groups in total. The highest BCUT2D eigenvalue weighted by Gasteiger charge is 2.17. The lowest BCUT2D eigenvalue weighted by Crippen LogP contribution is -2.21. The summed E-state index contributed by atoms with van der Waals surface area (Å²) in [5.41, 5.74) is -1.87. The number of halogens is 3. The van der Waals surface area contributed by atoms with E-state index in [4.69, 9.17) is 5.11 Å². The molecule has 104 valence electrons. The molecule has 0 spiro atoms. The largest absolute Gasteiger partial charge is 0.477 e. The van der Waals surface area contributed by atoms with Crippen molar-refractivity contribution in [3.8, 4) is 11.4 Å². The summed E-state index contributed by atoms with van der Waals surface area (Å²) in [5, 5.41) is 8.80. The van der Waals surface area contributed by atoms with Crippen molar-refractivity contribution in [2.24, 2.45) is 0 Å². The summed E-state index contributed by atoms with van der Waals surface area (Å²) in [6, 6.07) is 1.30. The van der Waals surface area contributed by atoms with Crippen molar-refractivity contribution >= 4 is 5.97 Å². The standard InChI is InChI=1S/C12H7F3N2O3/c1-4-8(12(19)20)11(18)17-10(16-4)5-2-6(13)9(15)7(14)3-5/h2-3H,1H3,(H,19,20)(H,16,17,18). The van der Waals surface area contributed by atoms with E-state index in [9.17, 15) is 22.8 Å². The Morgan fingerprint density at radius 2 is 1.80 bits per heavy atom. The number of hydrogen-bond donors (Lipinski definition) is 2. The molecule has 8 heteroatoms. The third-order valence-corrected chi connectivity index (χ3v) is 2.57. The number of carboxylic acids is 1. The zero-order chi connectivity index (χ0) is 15.0. The predicted molar refractivity (Wildman–Crippen MR) is 61.9 cm³/mol. The van der Waals surface area contributed by atoms with Gasteiger partial charge in [0.1, 0.15) is 11.4 Å². The molecule has 0 bridgehead atoms. The molecule has 0 radical (unpaired) electrons. The van der Waals surface area contributed by atoms with E-state index in [2.05, 4.69) is 9.97 Å². The molecule has 0 aliphatic rings. The Kier molecular flexibility index (Phi) is 3.31. The molecule has 0 fully saturated rings. The molecule has 0 unspecified atom stereocenters. The quantitative estimate of drug-likeness (QED) is 0.824. The van der Waals surface area contributed by atoms with E-state index in [1.165, 1.54) is 6.92 Å². The smallest absolute Gasteiger partial charge is 0.343 e. The highest BCUT2D eigenvalue weighted by atomic mass is 19.2. The average Bonchev–Trinajstić information content (AvgIpc) is 2.33. The van der Waals surface area contributed by atoms with Crippen molar-refractivity contribution < 1.29 is 23.1 Å². The van der Waals surface area contributed by atoms with Gasteiger partial charge in [-0.1, -0.05) is 0 Å². The lowest BCUT2D eigenvalue weighted by atomic mass is 10.1. The molecule has 0 aliphatic carbocycles. The third kappa shape index (κ3) is 2.27. The highest BCUT2D eigenvalue weighted by Crippen LogP contribution is 2.20. The number of nitrogens with zero attached hydrogens (tertiary/aromatic N) is 1. The average molecular weight is 284 g/mol. The fraction of sp³-hybridized carbons (Fsp3) is 0.0833. The lowest BCUT2D eigenvalue weighted by molar-refractivity contribution is 0.0693. The van der Waals surface area contributed by atoms with Gasteiger partial charge in [0.05, 0.1) is 5.69 Å². The van der Waals surface area contributed by atoms with Crippen LogP contribution < -0.4 is 5.56 Å². The fourth-order valence-electron chi connectivity index (χ4n) is 1.67. The molecule has 20 heavy (non-hydrogen) atoms. The van der Waals surface area contributed by atoms with Gasteiger partial charge in [-0.05, 0) is 19.1 Å². The van der Waals surface area contributed by atoms with Crippen LogP contribution in [-0.2, 0) is 0 Å². The number of nitrogens with one attached hydrogen (secondary N) is 1. The maximum Gasteiger partial charge on any atom is 0.343 e. The number of aromatic nitrogens is 2. The summed E-state index contributed by atoms with van der Waals surface area (Å²) in [6.45, 7) is 1.26. The van der Waals surface area contributed by atoms with E-state index < -0.39 is 34.5 Å². The zero-order valence-electron chi connectivity index (χ0n) is 10.00. The molecule has 0 saturated carbocycles. The van der Waals surface area contributed by atoms with E-state index in [0.29, 0.717) is 12.1 Å². The lowest BCUT2D eigenvalue weighted by Gasteiger charge is -2.05. The molecule has 2 rings (SSSR count). The summed E-state index contributed by atoms with van der Waals surface area (Å²) in [5.74, 6) is -6.25. The first-order valence-corrected chi connectivity index (χ1v) is 5.30. The van der Waals surface area contributed by atoms with Gasteiger partial charge in [0.25, 0.3) is 5.56 Å². The topological polar surface area (TPSA) is 83.0 Å². The first-order chi connectivity index (χ1) is 9.31. The molecule has 1 aromatic carbocycles. The van der Waals surface area contributed by atoms with Crippen molar-refractivity contribution in [2.75, 3.05) is 0 Å². The predicted octanol–water partition coefficient (Wildman–Crippen LogP) is 1.86. The van der Waals surface area contributed by atoms with Gasteiger partial charge in [-0.2, -0.15) is 0 Å². The molecule has 5 nitrogen and oxygen atoms in total. The zero-order valence-corrected chi connectivity index (χ0v) is 10.00. The SMILES string of the molecule is Cc1nc(-c2cc(F)c(F)c(F)c2)[nH]c(=O)c1C(=O)O. The number of aromatic amines is 1. The van der Waals surface area contributed by atoms with Gasteiger partial charge in [-0.25, -0.2) is 22.9 Å². The van der Waals surface area contributed by atoms with Crippen molar-refractivity contribution in [1.29, 1.82) is 0 Å². The van der Waals surface area contributed by atoms with Crippen LogP contribution in [0.5, 0.6) is 0 Å². The van der Waals surface area contributed by atoms with Crippen LogP contribution in [0, 0.1) is 24.4 Å². The molecule has 2 aromatic rings. The summed E-state index contributed by atoms with van der Waals surface area (Å²) in [7, 11) is 0. The minimum Gasteiger partial charge on any atom is -0.477 e. The Balaban J connectivity index is 2.66. The molecule has 1 aromatic heterocycles. The number of aryl methyl sites for hydroxylation is 1. The third-order valence-electron chi connectivity index (χ3n) is 2.57. The number of rotatable bonds is 2. The monoisotopic (exact) mass is 284 g/mol. The van der Waals surface area contributed by atoms with E-state index in [1.54, 1.807) is 0 Å². The van der Waals surface area contributed by atoms with Crippen LogP contribution in [0.3, 0.4) is 0 Å². The number of carbonyl (C=O) groups is 1. The first kappa shape index (κ1) is 13.8. The van der Waals surface area contributed by atoms with Gasteiger partial charge in [0.15, 0.2) is 17.5 Å². The first-order valence-electron chi connectivity index (χ1n) is 5.30. The molecular formula is C12H7F3N2O3. The second-order valence-electron chi connectivity index (χ2n) is 3.93. The van der Waals surface area contributed by atoms with Crippen molar-refractivity contribution in [3.05, 3.63) is 51.2 Å². The Morgan fingerprint density at radius 3 is 2.25 bits per heavy atom. The number of H-pyrrole nitrogens is 1. The van der Waals surface area contributed by atoms with E-state index in [-0.39, 0.29) is 17.1 Å². The van der Waals surface area contributed by atoms with Gasteiger partial charge < -0.3 is 10.1 Å². The molecule has 0 saturated heterocycles. The van der Waals surface area contributed by atoms with Gasteiger partial charge in [0.2, 0.25) is 0 Å². The van der Waals surface area contributed by atoms with E-state index in [0.717, 1.165) is 0 Å². The van der Waals surface area contributed by atoms with Crippen molar-refractivity contribution in [1.82, 2.24) is 9.97 Å². The summed E-state index contributed by atoms with van der Waals surface area (Å²) in [4.78, 5) is 28.2. The summed E-state index contributed by atoms with van der Waals surface area (Å²) < 4.78 is 39.0. The summed E-state index contributed by atoms with van der Waals surface area (Å²) in [6.07, 6.45) is 0. The van der Waals surface area contributed by atoms with Crippen LogP contribution in [0.1, 0.15) is 16.1 Å². The Morgan fingerprint density at radius 1 is 1.25 bits per heavy atom. The number of hydrogen-bond acceptors (Lipinski definition) is 3. The van der Waals surface area contributed by atoms with E-state index >= 15 is 0 Å². The molecule has 1 heterocycles. The molecular weight excluding hydrogens is 277 g/mol. The van der Waals surface area contributed by atoms with Crippen LogP contribution in [0.2, 0.25) is 0 Å². The Hall–Kier alpha value is -2.64. The van der Waals surface area contributed by atoms with Gasteiger partial charge in [-0.3, -0.25) is 4.79 Å². The van der Waals surface area contributed by atoms with Crippen LogP contribution in [0.15, 0.2) is 16.9 Å². The number of benzene rings is 1. The molecule has 0 aliphatic heterocycles. The van der Waals surface area contributed by atoms with Gasteiger partial charge in [-0.15, -0.1) is 0 Å². The van der Waals surface area contributed by atoms with Crippen molar-refractivity contribution in [2.45, 2.75) is 6.92 Å². The van der Waals surface area contributed by atoms with Crippen LogP contribution in [0.25, 0.3) is 11.4 Å². The van der Waals surface area contributed by atoms with Gasteiger partial charge >= 0.3 is 5.97 Å². The Labute approximate surface area is 109 Å². The highest BCUT2D eigenvalue weighted by molar-refractivity contribution is 5.88. The molecule has 0 amide bonds. The molecule has 0 atom stereocenters. The fourth-order valence-corrected chi connectivity index (χ4v) is 1.67. The normalized spacial score (nSPS) is 10.6. The minimum atomic E-state index is -1.64. The maximum atomic E-state index is 13.1. The minimum absolute atomic E-state index is 0.124. The van der Waals surface area contributed by atoms with Crippen molar-refractivity contribution in [3.63, 3.8) is 0 Å². The second-order valence-corrected chi connectivity index (χ2v) is 3.93. The number of carboxylic acid groups (broad SMARTS) is 1. The van der Waals surface area contributed by atoms with Gasteiger partial charge in [0, 0.05) is 5.56 Å². The number of aromatic carboxylic acids is 1. The Bertz CT molecular complexity index is 748. The van der Waals surface area contributed by atoms with Crippen LogP contribution in [-0.4, -0.2) is 21.0 Å². The van der Waals surface area contributed by atoms with Crippen LogP contribution >= 0.6 is 0 Å². The van der Waals surface area contributed by atoms with Crippen LogP contribution in [0.4, 0.5) is 13.2 Å². The maximum absolute atomic E-state index is 13.1.